The van der Waals surface area contributed by atoms with Gasteiger partial charge in [0.1, 0.15) is 17.1 Å². The fourth-order valence-corrected chi connectivity index (χ4v) is 3.55. The molecule has 1 atom stereocenters. The minimum absolute atomic E-state index is 0.0533. The van der Waals surface area contributed by atoms with E-state index in [0.717, 1.165) is 35.2 Å². The molecule has 4 rings (SSSR count). The molecule has 23 heavy (non-hydrogen) atoms. The number of nitrogens with one attached hydrogen (secondary N) is 1. The van der Waals surface area contributed by atoms with Gasteiger partial charge in [-0.05, 0) is 25.8 Å². The largest absolute Gasteiger partial charge is 0.361 e. The quantitative estimate of drug-likeness (QED) is 0.770. The maximum atomic E-state index is 13.0. The average molecular weight is 330 g/mol. The van der Waals surface area contributed by atoms with E-state index in [1.165, 1.54) is 0 Å². The number of aromatic amines is 1. The van der Waals surface area contributed by atoms with Crippen LogP contribution in [0, 0.1) is 6.92 Å². The van der Waals surface area contributed by atoms with Crippen molar-refractivity contribution in [2.45, 2.75) is 25.8 Å². The van der Waals surface area contributed by atoms with E-state index < -0.39 is 0 Å². The Morgan fingerprint density at radius 1 is 1.43 bits per heavy atom. The minimum Gasteiger partial charge on any atom is -0.361 e. The lowest BCUT2D eigenvalue weighted by Crippen LogP contribution is -2.31. The van der Waals surface area contributed by atoms with E-state index in [9.17, 15) is 4.79 Å². The summed E-state index contributed by atoms with van der Waals surface area (Å²) < 4.78 is 5.16. The first-order valence-electron chi connectivity index (χ1n) is 7.65. The summed E-state index contributed by atoms with van der Waals surface area (Å²) in [5.74, 6) is 0.664. The molecular weight excluding hydrogens is 314 g/mol. The van der Waals surface area contributed by atoms with Crippen LogP contribution in [0.25, 0.3) is 10.9 Å². The molecule has 3 aromatic rings. The number of aryl methyl sites for hydroxylation is 1. The summed E-state index contributed by atoms with van der Waals surface area (Å²) in [4.78, 5) is 18.0. The number of carbonyl (C=O) groups is 1. The van der Waals surface area contributed by atoms with Gasteiger partial charge in [-0.1, -0.05) is 35.0 Å². The maximum Gasteiger partial charge on any atom is 0.272 e. The summed E-state index contributed by atoms with van der Waals surface area (Å²) in [6.07, 6.45) is 1.83. The lowest BCUT2D eigenvalue weighted by atomic mass is 10.1. The lowest BCUT2D eigenvalue weighted by Gasteiger charge is -2.22. The standard InChI is InChI=1S/C17H16ClN3O2/c1-10-9-13(20-23-10)14-7-4-8-21(14)17(22)16-15(18)11-5-2-3-6-12(11)19-16/h2-3,5-6,9,14,19H,4,7-8H2,1H3/t14-/m1/s1. The van der Waals surface area contributed by atoms with E-state index in [1.807, 2.05) is 42.2 Å². The zero-order valence-electron chi connectivity index (χ0n) is 12.7. The van der Waals surface area contributed by atoms with Gasteiger partial charge in [-0.25, -0.2) is 0 Å². The second-order valence-electron chi connectivity index (χ2n) is 5.88. The van der Waals surface area contributed by atoms with Crippen molar-refractivity contribution in [1.29, 1.82) is 0 Å². The molecule has 0 aliphatic carbocycles. The van der Waals surface area contributed by atoms with Gasteiger partial charge < -0.3 is 14.4 Å². The molecule has 0 radical (unpaired) electrons. The third-order valence-electron chi connectivity index (χ3n) is 4.36. The Bertz CT molecular complexity index is 883. The highest BCUT2D eigenvalue weighted by Crippen LogP contribution is 2.35. The number of fused-ring (bicyclic) bond motifs is 1. The fourth-order valence-electron chi connectivity index (χ4n) is 3.26. The number of amides is 1. The van der Waals surface area contributed by atoms with Crippen LogP contribution in [0.1, 0.15) is 40.8 Å². The van der Waals surface area contributed by atoms with Gasteiger partial charge in [0.15, 0.2) is 0 Å². The summed E-state index contributed by atoms with van der Waals surface area (Å²) in [6.45, 7) is 2.55. The van der Waals surface area contributed by atoms with Gasteiger partial charge in [-0.15, -0.1) is 0 Å². The first kappa shape index (κ1) is 14.3. The lowest BCUT2D eigenvalue weighted by molar-refractivity contribution is 0.0726. The Labute approximate surface area is 138 Å². The number of hydrogen-bond acceptors (Lipinski definition) is 3. The normalized spacial score (nSPS) is 18.0. The van der Waals surface area contributed by atoms with Crippen molar-refractivity contribution in [3.63, 3.8) is 0 Å². The van der Waals surface area contributed by atoms with Crippen molar-refractivity contribution >= 4 is 28.4 Å². The third kappa shape index (κ3) is 2.32. The number of benzene rings is 1. The smallest absolute Gasteiger partial charge is 0.272 e. The molecule has 0 unspecified atom stereocenters. The van der Waals surface area contributed by atoms with Crippen LogP contribution in [0.15, 0.2) is 34.9 Å². The highest BCUT2D eigenvalue weighted by molar-refractivity contribution is 6.38. The van der Waals surface area contributed by atoms with Crippen molar-refractivity contribution in [1.82, 2.24) is 15.0 Å². The third-order valence-corrected chi connectivity index (χ3v) is 4.75. The number of carbonyl (C=O) groups excluding carboxylic acids is 1. The summed E-state index contributed by atoms with van der Waals surface area (Å²) in [6, 6.07) is 9.49. The summed E-state index contributed by atoms with van der Waals surface area (Å²) >= 11 is 6.42. The number of hydrogen-bond donors (Lipinski definition) is 1. The molecule has 1 fully saturated rings. The molecule has 1 aliphatic rings. The highest BCUT2D eigenvalue weighted by atomic mass is 35.5. The molecule has 1 amide bonds. The highest BCUT2D eigenvalue weighted by Gasteiger charge is 2.34. The minimum atomic E-state index is -0.0886. The van der Waals surface area contributed by atoms with Gasteiger partial charge >= 0.3 is 0 Å². The van der Waals surface area contributed by atoms with Gasteiger partial charge in [0.05, 0.1) is 11.1 Å². The fraction of sp³-hybridized carbons (Fsp3) is 0.294. The summed E-state index contributed by atoms with van der Waals surface area (Å²) in [7, 11) is 0. The molecule has 0 spiro atoms. The van der Waals surface area contributed by atoms with Gasteiger partial charge in [0.2, 0.25) is 0 Å². The molecular formula is C17H16ClN3O2. The van der Waals surface area contributed by atoms with Gasteiger partial charge in [0.25, 0.3) is 5.91 Å². The van der Waals surface area contributed by atoms with Crippen molar-refractivity contribution in [3.05, 3.63) is 52.5 Å². The Balaban J connectivity index is 1.71. The van der Waals surface area contributed by atoms with Crippen LogP contribution < -0.4 is 0 Å². The van der Waals surface area contributed by atoms with E-state index in [0.29, 0.717) is 17.3 Å². The van der Waals surface area contributed by atoms with Crippen LogP contribution in [0.3, 0.4) is 0 Å². The van der Waals surface area contributed by atoms with E-state index in [-0.39, 0.29) is 11.9 Å². The van der Waals surface area contributed by atoms with Crippen molar-refractivity contribution in [2.75, 3.05) is 6.54 Å². The number of H-pyrrole nitrogens is 1. The maximum absolute atomic E-state index is 13.0. The monoisotopic (exact) mass is 329 g/mol. The summed E-state index contributed by atoms with van der Waals surface area (Å²) in [5.41, 5.74) is 2.12. The molecule has 6 heteroatoms. The first-order valence-corrected chi connectivity index (χ1v) is 8.03. The molecule has 1 aromatic carbocycles. The topological polar surface area (TPSA) is 62.1 Å². The average Bonchev–Trinajstić information content (AvgIpc) is 3.26. The number of rotatable bonds is 2. The van der Waals surface area contributed by atoms with E-state index in [1.54, 1.807) is 0 Å². The molecule has 3 heterocycles. The number of nitrogens with zero attached hydrogens (tertiary/aromatic N) is 2. The Kier molecular flexibility index (Phi) is 3.38. The molecule has 0 saturated carbocycles. The zero-order valence-corrected chi connectivity index (χ0v) is 13.4. The molecule has 118 valence electrons. The van der Waals surface area contributed by atoms with Crippen LogP contribution >= 0.6 is 11.6 Å². The zero-order chi connectivity index (χ0) is 16.0. The Morgan fingerprint density at radius 3 is 3.00 bits per heavy atom. The van der Waals surface area contributed by atoms with Crippen LogP contribution in [0.5, 0.6) is 0 Å². The first-order chi connectivity index (χ1) is 11.1. The number of likely N-dealkylation sites (tertiary alicyclic amines) is 1. The molecule has 2 aromatic heterocycles. The number of para-hydroxylation sites is 1. The number of halogens is 1. The molecule has 1 N–H and O–H groups in total. The van der Waals surface area contributed by atoms with Crippen LogP contribution in [-0.4, -0.2) is 27.5 Å². The predicted molar refractivity (Wildman–Crippen MR) is 87.6 cm³/mol. The van der Waals surface area contributed by atoms with Crippen molar-refractivity contribution < 1.29 is 9.32 Å². The second kappa shape index (κ2) is 5.42. The van der Waals surface area contributed by atoms with Gasteiger partial charge in [-0.3, -0.25) is 4.79 Å². The van der Waals surface area contributed by atoms with E-state index in [2.05, 4.69) is 10.1 Å². The molecule has 1 aliphatic heterocycles. The molecule has 0 bridgehead atoms. The molecule has 1 saturated heterocycles. The summed E-state index contributed by atoms with van der Waals surface area (Å²) in [5, 5.41) is 5.42. The van der Waals surface area contributed by atoms with Crippen LogP contribution in [0.2, 0.25) is 5.02 Å². The van der Waals surface area contributed by atoms with Crippen LogP contribution in [0.4, 0.5) is 0 Å². The van der Waals surface area contributed by atoms with Gasteiger partial charge in [0, 0.05) is 23.5 Å². The van der Waals surface area contributed by atoms with E-state index in [4.69, 9.17) is 16.1 Å². The predicted octanol–water partition coefficient (Wildman–Crippen LogP) is 4.10. The Morgan fingerprint density at radius 2 is 2.26 bits per heavy atom. The van der Waals surface area contributed by atoms with Crippen molar-refractivity contribution in [2.24, 2.45) is 0 Å². The van der Waals surface area contributed by atoms with Gasteiger partial charge in [-0.2, -0.15) is 0 Å². The van der Waals surface area contributed by atoms with Crippen molar-refractivity contribution in [3.8, 4) is 0 Å². The molecule has 5 nitrogen and oxygen atoms in total. The SMILES string of the molecule is Cc1cc([C@H]2CCCN2C(=O)c2[nH]c3ccccc3c2Cl)no1. The Hall–Kier alpha value is -2.27. The van der Waals surface area contributed by atoms with E-state index >= 15 is 0 Å². The second-order valence-corrected chi connectivity index (χ2v) is 6.26. The van der Waals surface area contributed by atoms with Crippen LogP contribution in [-0.2, 0) is 0 Å². The number of aromatic nitrogens is 2.